The summed E-state index contributed by atoms with van der Waals surface area (Å²) in [6.07, 6.45) is 5.17. The summed E-state index contributed by atoms with van der Waals surface area (Å²) < 4.78 is 1.07. The summed E-state index contributed by atoms with van der Waals surface area (Å²) in [5.41, 5.74) is 0. The summed E-state index contributed by atoms with van der Waals surface area (Å²) in [7, 11) is 0. The second-order valence-corrected chi connectivity index (χ2v) is 2.68. The Morgan fingerprint density at radius 3 is 2.62 bits per heavy atom. The predicted molar refractivity (Wildman–Crippen MR) is 45.4 cm³/mol. The van der Waals surface area contributed by atoms with Gasteiger partial charge in [-0.25, -0.2) is 0 Å². The molecule has 0 spiro atoms. The summed E-state index contributed by atoms with van der Waals surface area (Å²) in [6, 6.07) is 0. The highest BCUT2D eigenvalue weighted by atomic mass is 79.9. The zero-order valence-electron chi connectivity index (χ0n) is 4.70. The van der Waals surface area contributed by atoms with Crippen molar-refractivity contribution in [3.63, 3.8) is 0 Å². The molecule has 0 heterocycles. The largest absolute Gasteiger partial charge is 0.0837 e. The van der Waals surface area contributed by atoms with E-state index in [1.165, 1.54) is 0 Å². The first-order chi connectivity index (χ1) is 3.81. The topological polar surface area (TPSA) is 0 Å². The van der Waals surface area contributed by atoms with Crippen LogP contribution in [0.25, 0.3) is 0 Å². The van der Waals surface area contributed by atoms with Crippen LogP contribution in [0.3, 0.4) is 0 Å². The minimum Gasteiger partial charge on any atom is -0.0837 e. The lowest BCUT2D eigenvalue weighted by Crippen LogP contribution is -1.56. The molecule has 0 bridgehead atoms. The minimum atomic E-state index is 1.07. The number of rotatable bonds is 2. The van der Waals surface area contributed by atoms with Gasteiger partial charge in [-0.15, -0.1) is 0 Å². The maximum Gasteiger partial charge on any atom is 0.0241 e. The molecule has 0 unspecified atom stereocenters. The van der Waals surface area contributed by atoms with E-state index in [0.717, 1.165) is 10.9 Å². The average Bonchev–Trinajstić information content (AvgIpc) is 1.83. The minimum absolute atomic E-state index is 1.07. The molecule has 0 atom stereocenters. The number of allylic oxidation sites excluding steroid dienone is 3. The third-order valence-corrected chi connectivity index (χ3v) is 2.22. The maximum atomic E-state index is 3.31. The van der Waals surface area contributed by atoms with Gasteiger partial charge >= 0.3 is 0 Å². The first kappa shape index (κ1) is 8.44. The van der Waals surface area contributed by atoms with Crippen LogP contribution in [0.2, 0.25) is 0 Å². The van der Waals surface area contributed by atoms with Gasteiger partial charge in [0, 0.05) is 4.48 Å². The van der Waals surface area contributed by atoms with Crippen LogP contribution in [-0.2, 0) is 0 Å². The van der Waals surface area contributed by atoms with Gasteiger partial charge in [-0.2, -0.15) is 0 Å². The third kappa shape index (κ3) is 4.60. The first-order valence-electron chi connectivity index (χ1n) is 2.43. The van der Waals surface area contributed by atoms with Gasteiger partial charge < -0.3 is 0 Å². The SMILES string of the molecule is CC/C=C/C(Br)=C/Br. The van der Waals surface area contributed by atoms with Crippen molar-refractivity contribution in [2.24, 2.45) is 0 Å². The van der Waals surface area contributed by atoms with Crippen molar-refractivity contribution in [3.05, 3.63) is 21.6 Å². The van der Waals surface area contributed by atoms with Gasteiger partial charge in [-0.3, -0.25) is 0 Å². The van der Waals surface area contributed by atoms with E-state index in [4.69, 9.17) is 0 Å². The summed E-state index contributed by atoms with van der Waals surface area (Å²) in [5.74, 6) is 0. The van der Waals surface area contributed by atoms with E-state index in [2.05, 4.69) is 44.9 Å². The van der Waals surface area contributed by atoms with Crippen LogP contribution in [0.15, 0.2) is 21.6 Å². The molecule has 0 aromatic heterocycles. The molecule has 0 aliphatic carbocycles. The smallest absolute Gasteiger partial charge is 0.0241 e. The quantitative estimate of drug-likeness (QED) is 0.647. The number of halogens is 2. The molecule has 0 N–H and O–H groups in total. The molecule has 0 aromatic rings. The van der Waals surface area contributed by atoms with Crippen LogP contribution in [0.5, 0.6) is 0 Å². The second-order valence-electron chi connectivity index (χ2n) is 1.30. The molecule has 0 rings (SSSR count). The summed E-state index contributed by atoms with van der Waals surface area (Å²) >= 11 is 6.49. The molecule has 0 aliphatic rings. The Labute approximate surface area is 66.9 Å². The second kappa shape index (κ2) is 5.57. The molecule has 0 aromatic carbocycles. The highest BCUT2D eigenvalue weighted by Gasteiger charge is 1.76. The van der Waals surface area contributed by atoms with Crippen LogP contribution in [0.1, 0.15) is 13.3 Å². The standard InChI is InChI=1S/C6H8Br2/c1-2-3-4-6(8)5-7/h3-5H,2H2,1H3/b4-3+,6-5-. The summed E-state index contributed by atoms with van der Waals surface area (Å²) in [5, 5.41) is 0. The lowest BCUT2D eigenvalue weighted by atomic mass is 10.4. The lowest BCUT2D eigenvalue weighted by molar-refractivity contribution is 1.22. The van der Waals surface area contributed by atoms with Crippen LogP contribution in [-0.4, -0.2) is 0 Å². The molecular weight excluding hydrogens is 232 g/mol. The summed E-state index contributed by atoms with van der Waals surface area (Å²) in [4.78, 5) is 1.83. The highest BCUT2D eigenvalue weighted by molar-refractivity contribution is 9.14. The normalized spacial score (nSPS) is 13.1. The van der Waals surface area contributed by atoms with Gasteiger partial charge in [0.05, 0.1) is 0 Å². The van der Waals surface area contributed by atoms with Crippen LogP contribution >= 0.6 is 31.9 Å². The zero-order valence-corrected chi connectivity index (χ0v) is 7.87. The molecule has 0 nitrogen and oxygen atoms in total. The lowest BCUT2D eigenvalue weighted by Gasteiger charge is -1.80. The van der Waals surface area contributed by atoms with E-state index in [9.17, 15) is 0 Å². The maximum absolute atomic E-state index is 3.31. The monoisotopic (exact) mass is 238 g/mol. The van der Waals surface area contributed by atoms with Crippen LogP contribution in [0, 0.1) is 0 Å². The van der Waals surface area contributed by atoms with Crippen molar-refractivity contribution in [2.45, 2.75) is 13.3 Å². The fourth-order valence-electron chi connectivity index (χ4n) is 0.267. The molecule has 0 aliphatic heterocycles. The Morgan fingerprint density at radius 1 is 1.62 bits per heavy atom. The van der Waals surface area contributed by atoms with Gasteiger partial charge in [0.1, 0.15) is 0 Å². The van der Waals surface area contributed by atoms with E-state index in [0.29, 0.717) is 0 Å². The van der Waals surface area contributed by atoms with Crippen molar-refractivity contribution in [2.75, 3.05) is 0 Å². The van der Waals surface area contributed by atoms with E-state index in [1.54, 1.807) is 0 Å². The van der Waals surface area contributed by atoms with Gasteiger partial charge in [-0.1, -0.05) is 50.9 Å². The fraction of sp³-hybridized carbons (Fsp3) is 0.333. The van der Waals surface area contributed by atoms with E-state index < -0.39 is 0 Å². The molecule has 46 valence electrons. The van der Waals surface area contributed by atoms with Crippen LogP contribution in [0.4, 0.5) is 0 Å². The van der Waals surface area contributed by atoms with E-state index >= 15 is 0 Å². The van der Waals surface area contributed by atoms with Gasteiger partial charge in [0.15, 0.2) is 0 Å². The average molecular weight is 240 g/mol. The number of hydrogen-bond donors (Lipinski definition) is 0. The Kier molecular flexibility index (Phi) is 5.88. The fourth-order valence-corrected chi connectivity index (χ4v) is 0.606. The predicted octanol–water partition coefficient (Wildman–Crippen LogP) is 3.58. The van der Waals surface area contributed by atoms with Crippen LogP contribution < -0.4 is 0 Å². The van der Waals surface area contributed by atoms with Crippen molar-refractivity contribution in [1.29, 1.82) is 0 Å². The van der Waals surface area contributed by atoms with Crippen molar-refractivity contribution in [3.8, 4) is 0 Å². The van der Waals surface area contributed by atoms with Crippen molar-refractivity contribution in [1.82, 2.24) is 0 Å². The van der Waals surface area contributed by atoms with E-state index in [1.807, 2.05) is 11.1 Å². The summed E-state index contributed by atoms with van der Waals surface area (Å²) in [6.45, 7) is 2.10. The molecule has 0 saturated heterocycles. The van der Waals surface area contributed by atoms with E-state index in [-0.39, 0.29) is 0 Å². The van der Waals surface area contributed by atoms with Gasteiger partial charge in [0.2, 0.25) is 0 Å². The molecular formula is C6H8Br2. The Hall–Kier alpha value is 0.440. The molecule has 2 heteroatoms. The molecule has 0 saturated carbocycles. The first-order valence-corrected chi connectivity index (χ1v) is 4.14. The van der Waals surface area contributed by atoms with Gasteiger partial charge in [-0.05, 0) is 11.4 Å². The third-order valence-electron chi connectivity index (χ3n) is 0.617. The Balaban J connectivity index is 3.53. The number of hydrogen-bond acceptors (Lipinski definition) is 0. The molecule has 8 heavy (non-hydrogen) atoms. The Bertz CT molecular complexity index is 103. The Morgan fingerprint density at radius 2 is 2.25 bits per heavy atom. The van der Waals surface area contributed by atoms with Crippen molar-refractivity contribution < 1.29 is 0 Å². The highest BCUT2D eigenvalue weighted by Crippen LogP contribution is 2.08. The molecule has 0 fully saturated rings. The molecule has 0 amide bonds. The van der Waals surface area contributed by atoms with Crippen molar-refractivity contribution >= 4 is 31.9 Å². The van der Waals surface area contributed by atoms with Gasteiger partial charge in [0.25, 0.3) is 0 Å². The molecule has 0 radical (unpaired) electrons. The zero-order chi connectivity index (χ0) is 6.41.